The third-order valence-corrected chi connectivity index (χ3v) is 6.14. The number of fused-ring (bicyclic) bond motifs is 1. The van der Waals surface area contributed by atoms with Crippen LogP contribution in [0.25, 0.3) is 5.65 Å². The summed E-state index contributed by atoms with van der Waals surface area (Å²) in [6.45, 7) is 6.49. The quantitative estimate of drug-likeness (QED) is 0.467. The van der Waals surface area contributed by atoms with Crippen molar-refractivity contribution < 1.29 is 19.1 Å². The summed E-state index contributed by atoms with van der Waals surface area (Å²) in [5, 5.41) is 5.69. The van der Waals surface area contributed by atoms with Crippen LogP contribution in [-0.4, -0.2) is 67.9 Å². The van der Waals surface area contributed by atoms with Gasteiger partial charge in [0, 0.05) is 31.5 Å². The van der Waals surface area contributed by atoms with Crippen LogP contribution in [0.4, 0.5) is 22.1 Å². The van der Waals surface area contributed by atoms with Gasteiger partial charge >= 0.3 is 6.09 Å². The third-order valence-electron chi connectivity index (χ3n) is 6.14. The Balaban J connectivity index is 1.37. The highest BCUT2D eigenvalue weighted by atomic mass is 16.6. The maximum Gasteiger partial charge on any atom is 0.410 e. The monoisotopic (exact) mass is 506 g/mol. The van der Waals surface area contributed by atoms with Crippen LogP contribution in [0.15, 0.2) is 30.9 Å². The number of nitrogens with zero attached hydrogens (tertiary/aromatic N) is 6. The summed E-state index contributed by atoms with van der Waals surface area (Å²) < 4.78 is 7.41. The van der Waals surface area contributed by atoms with Gasteiger partial charge in [0.2, 0.25) is 12.3 Å². The van der Waals surface area contributed by atoms with Crippen molar-refractivity contribution in [1.82, 2.24) is 24.3 Å². The second-order valence-electron chi connectivity index (χ2n) is 10.2. The number of nitrogens with one attached hydrogen (secondary N) is 2. The molecule has 5 rings (SSSR count). The number of ether oxygens (including phenoxy) is 1. The van der Waals surface area contributed by atoms with E-state index in [1.54, 1.807) is 31.7 Å². The number of piperazine rings is 1. The zero-order valence-corrected chi connectivity index (χ0v) is 21.1. The average molecular weight is 507 g/mol. The van der Waals surface area contributed by atoms with Crippen molar-refractivity contribution in [3.05, 3.63) is 42.1 Å². The van der Waals surface area contributed by atoms with Crippen molar-refractivity contribution in [2.24, 2.45) is 0 Å². The van der Waals surface area contributed by atoms with Crippen molar-refractivity contribution in [3.8, 4) is 0 Å². The van der Waals surface area contributed by atoms with Gasteiger partial charge in [0.1, 0.15) is 30.1 Å². The van der Waals surface area contributed by atoms with E-state index in [2.05, 4.69) is 32.9 Å². The number of carbonyl (C=O) groups excluding carboxylic acids is 3. The molecule has 1 aliphatic carbocycles. The molecule has 4 heterocycles. The zero-order valence-electron chi connectivity index (χ0n) is 21.1. The number of carbonyl (C=O) groups is 3. The molecular weight excluding hydrogens is 476 g/mol. The van der Waals surface area contributed by atoms with Gasteiger partial charge in [-0.15, -0.1) is 0 Å². The van der Waals surface area contributed by atoms with E-state index in [0.717, 1.165) is 24.2 Å². The van der Waals surface area contributed by atoms with E-state index in [1.807, 2.05) is 10.6 Å². The van der Waals surface area contributed by atoms with Crippen LogP contribution in [0.5, 0.6) is 0 Å². The smallest absolute Gasteiger partial charge is 0.410 e. The summed E-state index contributed by atoms with van der Waals surface area (Å²) in [5.41, 5.74) is 2.72. The normalized spacial score (nSPS) is 16.1. The van der Waals surface area contributed by atoms with Crippen molar-refractivity contribution >= 4 is 41.4 Å². The molecule has 0 unspecified atom stereocenters. The Hall–Kier alpha value is -4.22. The predicted molar refractivity (Wildman–Crippen MR) is 136 cm³/mol. The molecule has 1 saturated heterocycles. The molecule has 194 valence electrons. The highest BCUT2D eigenvalue weighted by molar-refractivity contribution is 6.00. The number of hydrogen-bond acceptors (Lipinski definition) is 8. The largest absolute Gasteiger partial charge is 0.444 e. The summed E-state index contributed by atoms with van der Waals surface area (Å²) in [6.07, 6.45) is 7.69. The highest BCUT2D eigenvalue weighted by Gasteiger charge is 2.33. The van der Waals surface area contributed by atoms with Gasteiger partial charge in [-0.3, -0.25) is 14.5 Å². The maximum absolute atomic E-state index is 13.2. The molecule has 0 bridgehead atoms. The first-order valence-corrected chi connectivity index (χ1v) is 12.3. The minimum atomic E-state index is -0.624. The van der Waals surface area contributed by atoms with Crippen LogP contribution in [0.3, 0.4) is 0 Å². The van der Waals surface area contributed by atoms with Crippen LogP contribution < -0.4 is 15.5 Å². The first-order chi connectivity index (χ1) is 17.7. The van der Waals surface area contributed by atoms with Gasteiger partial charge in [-0.2, -0.15) is 0 Å². The molecule has 37 heavy (non-hydrogen) atoms. The van der Waals surface area contributed by atoms with Crippen molar-refractivity contribution in [2.45, 2.75) is 51.7 Å². The van der Waals surface area contributed by atoms with E-state index in [1.165, 1.54) is 16.8 Å². The third kappa shape index (κ3) is 5.63. The molecule has 2 fully saturated rings. The lowest BCUT2D eigenvalue weighted by Gasteiger charge is -2.35. The van der Waals surface area contributed by atoms with E-state index in [0.29, 0.717) is 49.2 Å². The van der Waals surface area contributed by atoms with Gasteiger partial charge in [0.15, 0.2) is 5.65 Å². The Kier molecular flexibility index (Phi) is 6.40. The van der Waals surface area contributed by atoms with Crippen LogP contribution in [0, 0.1) is 0 Å². The standard InChI is InChI=1S/C25H30N8O4/c1-25(2,3)37-24(36)31-6-7-33(22(35)13-31)19-8-17(16-4-5-16)11-32-12-18(30-23(19)32)10-26-20-9-21(29-15-34)28-14-27-20/h8-9,11-12,14-16H,4-7,10,13H2,1-3H3,(H2,26,27,28,29,34). The molecule has 3 aromatic heterocycles. The van der Waals surface area contributed by atoms with Crippen LogP contribution in [-0.2, 0) is 20.9 Å². The molecule has 2 N–H and O–H groups in total. The molecule has 0 aromatic carbocycles. The summed E-state index contributed by atoms with van der Waals surface area (Å²) in [5.74, 6) is 1.24. The highest BCUT2D eigenvalue weighted by Crippen LogP contribution is 2.42. The van der Waals surface area contributed by atoms with Gasteiger partial charge in [-0.05, 0) is 51.2 Å². The molecule has 12 nitrogen and oxygen atoms in total. The first kappa shape index (κ1) is 24.5. The Bertz CT molecular complexity index is 1340. The van der Waals surface area contributed by atoms with Crippen LogP contribution >= 0.6 is 0 Å². The maximum atomic E-state index is 13.2. The topological polar surface area (TPSA) is 134 Å². The molecular formula is C25H30N8O4. The number of hydrogen-bond donors (Lipinski definition) is 2. The molecule has 0 radical (unpaired) electrons. The molecule has 3 amide bonds. The minimum Gasteiger partial charge on any atom is -0.444 e. The minimum absolute atomic E-state index is 0.0469. The SMILES string of the molecule is CC(C)(C)OC(=O)N1CCN(c2cc(C3CC3)cn3cc(CNc4cc(NC=O)ncn4)nc23)C(=O)C1. The number of amides is 3. The summed E-state index contributed by atoms with van der Waals surface area (Å²) in [7, 11) is 0. The molecule has 2 aliphatic rings. The van der Waals surface area contributed by atoms with Gasteiger partial charge in [-0.1, -0.05) is 0 Å². The number of anilines is 3. The van der Waals surface area contributed by atoms with E-state index < -0.39 is 11.7 Å². The summed E-state index contributed by atoms with van der Waals surface area (Å²) in [6, 6.07) is 3.68. The number of aromatic nitrogens is 4. The predicted octanol–water partition coefficient (Wildman–Crippen LogP) is 2.77. The van der Waals surface area contributed by atoms with Crippen LogP contribution in [0.1, 0.15) is 50.8 Å². The number of rotatable bonds is 7. The zero-order chi connectivity index (χ0) is 26.2. The second-order valence-corrected chi connectivity index (χ2v) is 10.2. The molecule has 3 aromatic rings. The molecule has 1 aliphatic heterocycles. The lowest BCUT2D eigenvalue weighted by Crippen LogP contribution is -2.53. The summed E-state index contributed by atoms with van der Waals surface area (Å²) in [4.78, 5) is 52.5. The van der Waals surface area contributed by atoms with Gasteiger partial charge in [0.25, 0.3) is 0 Å². The van der Waals surface area contributed by atoms with Gasteiger partial charge in [-0.25, -0.2) is 19.7 Å². The van der Waals surface area contributed by atoms with Crippen molar-refractivity contribution in [2.75, 3.05) is 35.2 Å². The van der Waals surface area contributed by atoms with E-state index >= 15 is 0 Å². The van der Waals surface area contributed by atoms with E-state index in [9.17, 15) is 14.4 Å². The fourth-order valence-corrected chi connectivity index (χ4v) is 4.26. The van der Waals surface area contributed by atoms with Crippen LogP contribution in [0.2, 0.25) is 0 Å². The lowest BCUT2D eigenvalue weighted by atomic mass is 10.1. The fraction of sp³-hybridized carbons (Fsp3) is 0.440. The lowest BCUT2D eigenvalue weighted by molar-refractivity contribution is -0.121. The first-order valence-electron chi connectivity index (χ1n) is 12.3. The Morgan fingerprint density at radius 3 is 2.65 bits per heavy atom. The van der Waals surface area contributed by atoms with E-state index in [4.69, 9.17) is 9.72 Å². The molecule has 0 atom stereocenters. The molecule has 1 saturated carbocycles. The summed E-state index contributed by atoms with van der Waals surface area (Å²) >= 11 is 0. The Morgan fingerprint density at radius 2 is 1.95 bits per heavy atom. The number of pyridine rings is 1. The van der Waals surface area contributed by atoms with Gasteiger partial charge in [0.05, 0.1) is 17.9 Å². The second kappa shape index (κ2) is 9.68. The Morgan fingerprint density at radius 1 is 1.16 bits per heavy atom. The number of imidazole rings is 1. The van der Waals surface area contributed by atoms with Crippen molar-refractivity contribution in [1.29, 1.82) is 0 Å². The van der Waals surface area contributed by atoms with Gasteiger partial charge < -0.3 is 24.7 Å². The van der Waals surface area contributed by atoms with Crippen molar-refractivity contribution in [3.63, 3.8) is 0 Å². The fourth-order valence-electron chi connectivity index (χ4n) is 4.26. The average Bonchev–Trinajstić information content (AvgIpc) is 3.61. The Labute approximate surface area is 214 Å². The molecule has 12 heteroatoms. The van der Waals surface area contributed by atoms with E-state index in [-0.39, 0.29) is 12.5 Å². The molecule has 0 spiro atoms.